The first-order chi connectivity index (χ1) is 16.0. The van der Waals surface area contributed by atoms with Crippen LogP contribution in [0, 0.1) is 0 Å². The molecule has 1 fully saturated rings. The first-order valence-corrected chi connectivity index (χ1v) is 10.9. The topological polar surface area (TPSA) is 105 Å². The molecule has 1 aliphatic heterocycles. The van der Waals surface area contributed by atoms with E-state index in [2.05, 4.69) is 10.3 Å². The van der Waals surface area contributed by atoms with Crippen molar-refractivity contribution >= 4 is 29.3 Å². The molecule has 3 heterocycles. The highest BCUT2D eigenvalue weighted by atomic mass is 32.1. The van der Waals surface area contributed by atoms with Gasteiger partial charge in [0, 0.05) is 24.7 Å². The van der Waals surface area contributed by atoms with Crippen LogP contribution >= 0.6 is 12.2 Å². The molecule has 1 aromatic carbocycles. The van der Waals surface area contributed by atoms with Crippen LogP contribution in [0.2, 0.25) is 0 Å². The molecule has 9 heteroatoms. The van der Waals surface area contributed by atoms with Gasteiger partial charge in [0.1, 0.15) is 17.6 Å². The molecule has 1 saturated heterocycles. The maximum absolute atomic E-state index is 11.6. The summed E-state index contributed by atoms with van der Waals surface area (Å²) >= 11 is 5.61. The van der Waals surface area contributed by atoms with Gasteiger partial charge in [-0.15, -0.1) is 0 Å². The number of carboxylic acids is 1. The second-order valence-corrected chi connectivity index (χ2v) is 7.97. The van der Waals surface area contributed by atoms with Crippen LogP contribution in [0.3, 0.4) is 0 Å². The number of hydrogen-bond donors (Lipinski definition) is 2. The van der Waals surface area contributed by atoms with Gasteiger partial charge in [0.25, 0.3) is 0 Å². The van der Waals surface area contributed by atoms with Crippen molar-refractivity contribution in [2.24, 2.45) is 0 Å². The molecule has 33 heavy (non-hydrogen) atoms. The smallest absolute Gasteiger partial charge is 0.335 e. The first kappa shape index (κ1) is 22.5. The summed E-state index contributed by atoms with van der Waals surface area (Å²) < 4.78 is 11.0. The summed E-state index contributed by atoms with van der Waals surface area (Å²) in [5.41, 5.74) is 1.66. The number of aromatic nitrogens is 1. The largest absolute Gasteiger partial charge is 0.478 e. The molecule has 3 aromatic rings. The van der Waals surface area contributed by atoms with Crippen LogP contribution in [-0.2, 0) is 9.53 Å². The van der Waals surface area contributed by atoms with E-state index < -0.39 is 5.97 Å². The van der Waals surface area contributed by atoms with Gasteiger partial charge >= 0.3 is 11.9 Å². The van der Waals surface area contributed by atoms with E-state index in [-0.39, 0.29) is 30.0 Å². The predicted molar refractivity (Wildman–Crippen MR) is 125 cm³/mol. The van der Waals surface area contributed by atoms with Gasteiger partial charge in [-0.3, -0.25) is 9.78 Å². The van der Waals surface area contributed by atoms with Crippen molar-refractivity contribution < 1.29 is 23.8 Å². The minimum absolute atomic E-state index is 0.185. The number of carbonyl (C=O) groups is 2. The summed E-state index contributed by atoms with van der Waals surface area (Å²) in [5.74, 6) is -0.0579. The molecule has 0 aliphatic carbocycles. The molecular weight excluding hydrogens is 442 g/mol. The van der Waals surface area contributed by atoms with E-state index in [1.54, 1.807) is 24.4 Å². The third-order valence-corrected chi connectivity index (χ3v) is 5.87. The van der Waals surface area contributed by atoms with Gasteiger partial charge in [0.15, 0.2) is 5.11 Å². The first-order valence-electron chi connectivity index (χ1n) is 10.5. The summed E-state index contributed by atoms with van der Waals surface area (Å²) in [6.07, 6.45) is 2.57. The fourth-order valence-corrected chi connectivity index (χ4v) is 4.26. The summed E-state index contributed by atoms with van der Waals surface area (Å²) in [6.45, 7) is 0.527. The molecule has 0 spiro atoms. The van der Waals surface area contributed by atoms with Gasteiger partial charge in [-0.05, 0) is 55.0 Å². The average Bonchev–Trinajstić information content (AvgIpc) is 3.44. The maximum atomic E-state index is 11.6. The van der Waals surface area contributed by atoms with Gasteiger partial charge in [-0.2, -0.15) is 0 Å². The van der Waals surface area contributed by atoms with E-state index in [1.807, 2.05) is 35.2 Å². The Hall–Kier alpha value is -3.72. The molecule has 0 radical (unpaired) electrons. The lowest BCUT2D eigenvalue weighted by Crippen LogP contribution is -2.30. The van der Waals surface area contributed by atoms with Crippen molar-refractivity contribution in [3.8, 4) is 11.3 Å². The number of aromatic carboxylic acids is 1. The number of carboxylic acid groups (broad SMARTS) is 1. The van der Waals surface area contributed by atoms with E-state index in [4.69, 9.17) is 21.4 Å². The van der Waals surface area contributed by atoms with Crippen molar-refractivity contribution in [2.75, 3.05) is 13.7 Å². The average molecular weight is 466 g/mol. The van der Waals surface area contributed by atoms with Crippen LogP contribution < -0.4 is 5.32 Å². The number of methoxy groups -OCH3 is 1. The lowest BCUT2D eigenvalue weighted by atomic mass is 10.0. The molecule has 8 nitrogen and oxygen atoms in total. The highest BCUT2D eigenvalue weighted by Crippen LogP contribution is 2.40. The van der Waals surface area contributed by atoms with Crippen LogP contribution in [0.15, 0.2) is 65.2 Å². The van der Waals surface area contributed by atoms with E-state index in [9.17, 15) is 14.7 Å². The van der Waals surface area contributed by atoms with Gasteiger partial charge in [-0.25, -0.2) is 4.79 Å². The number of ether oxygens (including phenoxy) is 1. The number of esters is 1. The molecule has 0 bridgehead atoms. The Bertz CT molecular complexity index is 1160. The lowest BCUT2D eigenvalue weighted by Gasteiger charge is -2.25. The molecule has 4 rings (SSSR count). The van der Waals surface area contributed by atoms with Gasteiger partial charge in [0.05, 0.1) is 24.4 Å². The summed E-state index contributed by atoms with van der Waals surface area (Å²) in [5, 5.41) is 13.2. The van der Waals surface area contributed by atoms with Crippen LogP contribution in [0.1, 0.15) is 46.7 Å². The Morgan fingerprint density at radius 2 is 2.06 bits per heavy atom. The zero-order valence-corrected chi connectivity index (χ0v) is 18.7. The fourth-order valence-electron chi connectivity index (χ4n) is 3.92. The number of nitrogens with zero attached hydrogens (tertiary/aromatic N) is 2. The fraction of sp³-hybridized carbons (Fsp3) is 0.250. The Balaban J connectivity index is 1.66. The molecular formula is C24H23N3O5S. The number of benzene rings is 1. The Kier molecular flexibility index (Phi) is 6.69. The van der Waals surface area contributed by atoms with Crippen LogP contribution in [0.25, 0.3) is 11.3 Å². The summed E-state index contributed by atoms with van der Waals surface area (Å²) in [7, 11) is 1.37. The molecule has 170 valence electrons. The number of rotatable bonds is 8. The minimum atomic E-state index is -0.999. The monoisotopic (exact) mass is 465 g/mol. The number of furan rings is 1. The second kappa shape index (κ2) is 9.83. The van der Waals surface area contributed by atoms with Crippen LogP contribution in [0.4, 0.5) is 0 Å². The van der Waals surface area contributed by atoms with Gasteiger partial charge in [0.2, 0.25) is 0 Å². The van der Waals surface area contributed by atoms with Crippen molar-refractivity contribution in [3.05, 3.63) is 77.8 Å². The van der Waals surface area contributed by atoms with Gasteiger partial charge in [-0.1, -0.05) is 18.2 Å². The van der Waals surface area contributed by atoms with E-state index >= 15 is 0 Å². The number of thiocarbonyl (C=S) groups is 1. The minimum Gasteiger partial charge on any atom is -0.478 e. The van der Waals surface area contributed by atoms with Crippen molar-refractivity contribution in [2.45, 2.75) is 24.9 Å². The predicted octanol–water partition coefficient (Wildman–Crippen LogP) is 3.97. The number of carbonyl (C=O) groups excluding carboxylic acids is 1. The number of pyridine rings is 1. The quantitative estimate of drug-likeness (QED) is 0.378. The highest BCUT2D eigenvalue weighted by Gasteiger charge is 2.41. The standard InChI is InChI=1S/C24H23N3O5S/c1-31-20(28)9-5-13-27-22(21(26-24(27)33)17-8-2-3-12-25-17)19-11-10-18(32-19)15-6-4-7-16(14-15)23(29)30/h2-4,6-8,10-12,14,21-22H,5,9,13H2,1H3,(H,26,33)(H,29,30)/t21-,22-/m0/s1. The molecule has 0 amide bonds. The highest BCUT2D eigenvalue weighted by molar-refractivity contribution is 7.80. The SMILES string of the molecule is COC(=O)CCCN1C(=S)N[C@@H](c2ccccn2)[C@@H]1c1ccc(-c2cccc(C(=O)O)c2)o1. The van der Waals surface area contributed by atoms with Crippen molar-refractivity contribution in [3.63, 3.8) is 0 Å². The van der Waals surface area contributed by atoms with Gasteiger partial charge < -0.3 is 24.5 Å². The molecule has 2 atom stereocenters. The lowest BCUT2D eigenvalue weighted by molar-refractivity contribution is -0.140. The third kappa shape index (κ3) is 4.88. The van der Waals surface area contributed by atoms with E-state index in [0.29, 0.717) is 35.2 Å². The van der Waals surface area contributed by atoms with Crippen LogP contribution in [0.5, 0.6) is 0 Å². The molecule has 2 N–H and O–H groups in total. The summed E-state index contributed by atoms with van der Waals surface area (Å²) in [6, 6.07) is 15.4. The Labute approximate surface area is 196 Å². The zero-order chi connectivity index (χ0) is 23.4. The maximum Gasteiger partial charge on any atom is 0.335 e. The Morgan fingerprint density at radius 3 is 2.79 bits per heavy atom. The number of hydrogen-bond acceptors (Lipinski definition) is 6. The van der Waals surface area contributed by atoms with E-state index in [0.717, 1.165) is 5.69 Å². The summed E-state index contributed by atoms with van der Waals surface area (Å²) in [4.78, 5) is 29.4. The van der Waals surface area contributed by atoms with Crippen molar-refractivity contribution in [1.82, 2.24) is 15.2 Å². The zero-order valence-electron chi connectivity index (χ0n) is 17.9. The molecule has 0 saturated carbocycles. The molecule has 0 unspecified atom stereocenters. The van der Waals surface area contributed by atoms with Crippen LogP contribution in [-0.4, -0.2) is 45.7 Å². The van der Waals surface area contributed by atoms with E-state index in [1.165, 1.54) is 13.2 Å². The normalized spacial score (nSPS) is 17.6. The third-order valence-electron chi connectivity index (χ3n) is 5.52. The molecule has 2 aromatic heterocycles. The van der Waals surface area contributed by atoms with Crippen molar-refractivity contribution in [1.29, 1.82) is 0 Å². The second-order valence-electron chi connectivity index (χ2n) is 7.59. The Morgan fingerprint density at radius 1 is 1.21 bits per heavy atom. The molecule has 1 aliphatic rings. The number of nitrogens with one attached hydrogen (secondary N) is 1.